The molecule has 0 fully saturated rings. The lowest BCUT2D eigenvalue weighted by Gasteiger charge is -1.99. The van der Waals surface area contributed by atoms with Gasteiger partial charge in [-0.05, 0) is 12.1 Å². The molecule has 0 aromatic carbocycles. The number of aliphatic carboxylic acids is 1. The summed E-state index contributed by atoms with van der Waals surface area (Å²) in [5, 5.41) is 11.9. The van der Waals surface area contributed by atoms with Crippen molar-refractivity contribution in [3.8, 4) is 0 Å². The Hall–Kier alpha value is -1.29. The van der Waals surface area contributed by atoms with E-state index in [-0.39, 0.29) is 6.42 Å². The van der Waals surface area contributed by atoms with Gasteiger partial charge < -0.3 is 19.6 Å². The van der Waals surface area contributed by atoms with Gasteiger partial charge in [-0.25, -0.2) is 0 Å². The van der Waals surface area contributed by atoms with Crippen molar-refractivity contribution in [2.75, 3.05) is 6.54 Å². The van der Waals surface area contributed by atoms with Crippen LogP contribution < -0.4 is 10.4 Å². The molecule has 2 N–H and O–H groups in total. The summed E-state index contributed by atoms with van der Waals surface area (Å²) in [6.45, 7) is 1.21. The van der Waals surface area contributed by atoms with Gasteiger partial charge in [0.2, 0.25) is 0 Å². The fourth-order valence-electron chi connectivity index (χ4n) is 0.893. The average molecular weight is 169 g/mol. The molecule has 0 aliphatic rings. The molecule has 0 saturated heterocycles. The van der Waals surface area contributed by atoms with E-state index in [1.807, 2.05) is 17.4 Å². The van der Waals surface area contributed by atoms with E-state index >= 15 is 0 Å². The van der Waals surface area contributed by atoms with Gasteiger partial charge in [-0.1, -0.05) is 0 Å². The van der Waals surface area contributed by atoms with Crippen LogP contribution in [-0.4, -0.2) is 12.5 Å². The molecular formula is C8H11NO3. The Balaban J connectivity index is 2.07. The van der Waals surface area contributed by atoms with E-state index in [1.165, 1.54) is 0 Å². The van der Waals surface area contributed by atoms with Gasteiger partial charge in [-0.15, -0.1) is 0 Å². The Kier molecular flexibility index (Phi) is 3.35. The van der Waals surface area contributed by atoms with Crippen molar-refractivity contribution in [2.45, 2.75) is 13.0 Å². The van der Waals surface area contributed by atoms with Gasteiger partial charge in [-0.2, -0.15) is 0 Å². The molecule has 0 aliphatic heterocycles. The highest BCUT2D eigenvalue weighted by Crippen LogP contribution is 1.95. The van der Waals surface area contributed by atoms with Crippen molar-refractivity contribution in [1.29, 1.82) is 0 Å². The SMILES string of the molecule is O=C([O-])CC[NH2+]Cc1ccco1. The molecule has 66 valence electrons. The second-order valence-corrected chi connectivity index (χ2v) is 2.48. The maximum atomic E-state index is 10.0. The highest BCUT2D eigenvalue weighted by Gasteiger charge is 1.96. The topological polar surface area (TPSA) is 69.9 Å². The Labute approximate surface area is 70.2 Å². The van der Waals surface area contributed by atoms with Gasteiger partial charge in [0, 0.05) is 12.4 Å². The Morgan fingerprint density at radius 1 is 1.67 bits per heavy atom. The van der Waals surface area contributed by atoms with Gasteiger partial charge in [-0.3, -0.25) is 0 Å². The number of quaternary nitrogens is 1. The molecule has 1 rings (SSSR count). The molecule has 0 spiro atoms. The molecule has 4 nitrogen and oxygen atoms in total. The van der Waals surface area contributed by atoms with Crippen LogP contribution in [-0.2, 0) is 11.3 Å². The van der Waals surface area contributed by atoms with Crippen LogP contribution in [0, 0.1) is 0 Å². The number of nitrogens with two attached hydrogens (primary N) is 1. The second-order valence-electron chi connectivity index (χ2n) is 2.48. The number of carboxylic acids is 1. The molecule has 0 atom stereocenters. The fourth-order valence-corrected chi connectivity index (χ4v) is 0.893. The number of hydrogen-bond donors (Lipinski definition) is 1. The minimum atomic E-state index is -1.01. The molecule has 12 heavy (non-hydrogen) atoms. The smallest absolute Gasteiger partial charge is 0.157 e. The first kappa shape index (κ1) is 8.80. The van der Waals surface area contributed by atoms with Crippen LogP contribution in [0.2, 0.25) is 0 Å². The van der Waals surface area contributed by atoms with Crippen molar-refractivity contribution in [1.82, 2.24) is 0 Å². The lowest BCUT2D eigenvalue weighted by molar-refractivity contribution is -0.671. The van der Waals surface area contributed by atoms with Gasteiger partial charge in [0.05, 0.1) is 12.8 Å². The van der Waals surface area contributed by atoms with Crippen molar-refractivity contribution >= 4 is 5.97 Å². The van der Waals surface area contributed by atoms with Crippen molar-refractivity contribution in [3.63, 3.8) is 0 Å². The molecule has 0 amide bonds. The highest BCUT2D eigenvalue weighted by atomic mass is 16.4. The van der Waals surface area contributed by atoms with E-state index in [9.17, 15) is 9.90 Å². The fraction of sp³-hybridized carbons (Fsp3) is 0.375. The van der Waals surface area contributed by atoms with E-state index < -0.39 is 5.97 Å². The Bertz CT molecular complexity index is 230. The van der Waals surface area contributed by atoms with Crippen LogP contribution in [0.1, 0.15) is 12.2 Å². The highest BCUT2D eigenvalue weighted by molar-refractivity contribution is 5.64. The van der Waals surface area contributed by atoms with Crippen LogP contribution in [0.5, 0.6) is 0 Å². The minimum Gasteiger partial charge on any atom is -0.550 e. The zero-order valence-corrected chi connectivity index (χ0v) is 6.66. The predicted molar refractivity (Wildman–Crippen MR) is 38.8 cm³/mol. The second kappa shape index (κ2) is 4.56. The molecule has 0 saturated carbocycles. The summed E-state index contributed by atoms with van der Waals surface area (Å²) in [6, 6.07) is 3.66. The predicted octanol–water partition coefficient (Wildman–Crippen LogP) is -1.52. The lowest BCUT2D eigenvalue weighted by atomic mass is 10.4. The first-order valence-electron chi connectivity index (χ1n) is 3.83. The summed E-state index contributed by atoms with van der Waals surface area (Å²) in [4.78, 5) is 10.0. The quantitative estimate of drug-likeness (QED) is 0.544. The normalized spacial score (nSPS) is 10.0. The van der Waals surface area contributed by atoms with Crippen LogP contribution in [0.3, 0.4) is 0 Å². The summed E-state index contributed by atoms with van der Waals surface area (Å²) >= 11 is 0. The van der Waals surface area contributed by atoms with Gasteiger partial charge in [0.25, 0.3) is 0 Å². The van der Waals surface area contributed by atoms with Crippen molar-refractivity contribution in [2.24, 2.45) is 0 Å². The summed E-state index contributed by atoms with van der Waals surface area (Å²) in [7, 11) is 0. The summed E-state index contributed by atoms with van der Waals surface area (Å²) < 4.78 is 5.05. The number of carbonyl (C=O) groups is 1. The first-order chi connectivity index (χ1) is 5.79. The Morgan fingerprint density at radius 2 is 2.50 bits per heavy atom. The first-order valence-corrected chi connectivity index (χ1v) is 3.83. The standard InChI is InChI=1S/C8H11NO3/c10-8(11)3-4-9-6-7-2-1-5-12-7/h1-2,5,9H,3-4,6H2,(H,10,11). The van der Waals surface area contributed by atoms with E-state index in [1.54, 1.807) is 6.26 Å². The molecule has 0 radical (unpaired) electrons. The third-order valence-corrected chi connectivity index (χ3v) is 1.48. The van der Waals surface area contributed by atoms with E-state index in [4.69, 9.17) is 4.42 Å². The van der Waals surface area contributed by atoms with Crippen LogP contribution in [0.4, 0.5) is 0 Å². The number of carboxylic acid groups (broad SMARTS) is 1. The van der Waals surface area contributed by atoms with E-state index in [0.717, 1.165) is 5.76 Å². The van der Waals surface area contributed by atoms with Crippen molar-refractivity contribution in [3.05, 3.63) is 24.2 Å². The third-order valence-electron chi connectivity index (χ3n) is 1.48. The van der Waals surface area contributed by atoms with Crippen LogP contribution in [0.15, 0.2) is 22.8 Å². The van der Waals surface area contributed by atoms with E-state index in [0.29, 0.717) is 13.1 Å². The molecule has 0 unspecified atom stereocenters. The summed E-state index contributed by atoms with van der Waals surface area (Å²) in [5.74, 6) is -0.154. The van der Waals surface area contributed by atoms with Gasteiger partial charge >= 0.3 is 0 Å². The maximum absolute atomic E-state index is 10.0. The minimum absolute atomic E-state index is 0.0840. The molecule has 1 heterocycles. The molecular weight excluding hydrogens is 158 g/mol. The lowest BCUT2D eigenvalue weighted by Crippen LogP contribution is -2.83. The molecule has 0 bridgehead atoms. The van der Waals surface area contributed by atoms with Crippen LogP contribution >= 0.6 is 0 Å². The number of rotatable bonds is 5. The average Bonchev–Trinajstić information content (AvgIpc) is 2.49. The third kappa shape index (κ3) is 3.21. The van der Waals surface area contributed by atoms with Crippen molar-refractivity contribution < 1.29 is 19.6 Å². The number of carbonyl (C=O) groups excluding carboxylic acids is 1. The van der Waals surface area contributed by atoms with Gasteiger partial charge in [0.1, 0.15) is 6.54 Å². The zero-order valence-electron chi connectivity index (χ0n) is 6.66. The zero-order chi connectivity index (χ0) is 8.81. The monoisotopic (exact) mass is 169 g/mol. The molecule has 1 aromatic heterocycles. The molecule has 0 aliphatic carbocycles. The molecule has 4 heteroatoms. The summed E-state index contributed by atoms with van der Waals surface area (Å²) in [6.07, 6.45) is 1.68. The van der Waals surface area contributed by atoms with Crippen LogP contribution in [0.25, 0.3) is 0 Å². The molecule has 1 aromatic rings. The van der Waals surface area contributed by atoms with Gasteiger partial charge in [0.15, 0.2) is 5.76 Å². The Morgan fingerprint density at radius 3 is 3.08 bits per heavy atom. The number of furan rings is 1. The number of hydrogen-bond acceptors (Lipinski definition) is 3. The van der Waals surface area contributed by atoms with E-state index in [2.05, 4.69) is 0 Å². The maximum Gasteiger partial charge on any atom is 0.157 e. The summed E-state index contributed by atoms with van der Waals surface area (Å²) in [5.41, 5.74) is 0. The largest absolute Gasteiger partial charge is 0.550 e.